The number of para-hydroxylation sites is 1. The first-order valence-electron chi connectivity index (χ1n) is 7.74. The maximum atomic E-state index is 13.8. The molecule has 0 saturated heterocycles. The van der Waals surface area contributed by atoms with Crippen LogP contribution in [0.2, 0.25) is 0 Å². The second-order valence-corrected chi connectivity index (χ2v) is 5.61. The van der Waals surface area contributed by atoms with Crippen molar-refractivity contribution in [1.82, 2.24) is 10.3 Å². The van der Waals surface area contributed by atoms with Crippen molar-refractivity contribution in [2.45, 2.75) is 12.5 Å². The predicted molar refractivity (Wildman–Crippen MR) is 92.3 cm³/mol. The summed E-state index contributed by atoms with van der Waals surface area (Å²) in [5.74, 6) is -1.73. The number of nitrogens with zero attached hydrogens (tertiary/aromatic N) is 1. The van der Waals surface area contributed by atoms with Crippen LogP contribution >= 0.6 is 0 Å². The predicted octanol–water partition coefficient (Wildman–Crippen LogP) is 2.20. The Bertz CT molecular complexity index is 943. The van der Waals surface area contributed by atoms with Crippen LogP contribution in [0.1, 0.15) is 16.1 Å². The van der Waals surface area contributed by atoms with Gasteiger partial charge < -0.3 is 11.1 Å². The van der Waals surface area contributed by atoms with Crippen molar-refractivity contribution in [2.75, 3.05) is 0 Å². The number of nitrogens with two attached hydrogens (primary N) is 1. The van der Waals surface area contributed by atoms with Gasteiger partial charge in [0.2, 0.25) is 5.91 Å². The minimum Gasteiger partial charge on any atom is -0.368 e. The minimum atomic E-state index is -1.03. The van der Waals surface area contributed by atoms with E-state index in [9.17, 15) is 14.0 Å². The van der Waals surface area contributed by atoms with Crippen LogP contribution in [0.15, 0.2) is 60.7 Å². The second-order valence-electron chi connectivity index (χ2n) is 5.61. The average molecular weight is 337 g/mol. The molecule has 25 heavy (non-hydrogen) atoms. The largest absolute Gasteiger partial charge is 0.368 e. The number of benzene rings is 2. The van der Waals surface area contributed by atoms with E-state index in [0.29, 0.717) is 11.1 Å². The molecule has 1 atom stereocenters. The summed E-state index contributed by atoms with van der Waals surface area (Å²) in [6.07, 6.45) is -0.0265. The fraction of sp³-hybridized carbons (Fsp3) is 0.105. The molecule has 3 N–H and O–H groups in total. The Morgan fingerprint density at radius 2 is 1.76 bits per heavy atom. The molecular weight excluding hydrogens is 321 g/mol. The van der Waals surface area contributed by atoms with Crippen LogP contribution in [0.3, 0.4) is 0 Å². The van der Waals surface area contributed by atoms with Gasteiger partial charge in [0.1, 0.15) is 17.6 Å². The van der Waals surface area contributed by atoms with Gasteiger partial charge in [-0.3, -0.25) is 9.59 Å². The van der Waals surface area contributed by atoms with Crippen LogP contribution in [0.25, 0.3) is 10.9 Å². The summed E-state index contributed by atoms with van der Waals surface area (Å²) in [5.41, 5.74) is 6.49. The molecule has 1 heterocycles. The van der Waals surface area contributed by atoms with Crippen molar-refractivity contribution in [3.8, 4) is 0 Å². The number of amides is 2. The first-order chi connectivity index (χ1) is 12.0. The van der Waals surface area contributed by atoms with Gasteiger partial charge in [0.15, 0.2) is 0 Å². The third kappa shape index (κ3) is 3.80. The second kappa shape index (κ2) is 7.09. The lowest BCUT2D eigenvalue weighted by molar-refractivity contribution is -0.119. The molecule has 3 aromatic rings. The van der Waals surface area contributed by atoms with Gasteiger partial charge in [-0.15, -0.1) is 0 Å². The molecule has 3 rings (SSSR count). The number of fused-ring (bicyclic) bond motifs is 1. The highest BCUT2D eigenvalue weighted by Gasteiger charge is 2.21. The molecule has 0 radical (unpaired) electrons. The Morgan fingerprint density at radius 3 is 2.52 bits per heavy atom. The van der Waals surface area contributed by atoms with Gasteiger partial charge in [0.05, 0.1) is 5.52 Å². The molecule has 0 spiro atoms. The van der Waals surface area contributed by atoms with Crippen LogP contribution in [0.5, 0.6) is 0 Å². The van der Waals surface area contributed by atoms with Crippen molar-refractivity contribution in [1.29, 1.82) is 0 Å². The molecule has 2 amide bonds. The zero-order valence-corrected chi connectivity index (χ0v) is 13.3. The molecule has 0 aliphatic rings. The van der Waals surface area contributed by atoms with E-state index in [-0.39, 0.29) is 12.1 Å². The maximum Gasteiger partial charge on any atom is 0.270 e. The zero-order chi connectivity index (χ0) is 17.8. The summed E-state index contributed by atoms with van der Waals surface area (Å²) in [6.45, 7) is 0. The molecule has 2 aromatic carbocycles. The van der Waals surface area contributed by atoms with Crippen LogP contribution in [0, 0.1) is 5.82 Å². The van der Waals surface area contributed by atoms with Crippen LogP contribution in [0.4, 0.5) is 4.39 Å². The summed E-state index contributed by atoms with van der Waals surface area (Å²) < 4.78 is 13.8. The highest BCUT2D eigenvalue weighted by molar-refractivity contribution is 5.97. The van der Waals surface area contributed by atoms with Crippen molar-refractivity contribution < 1.29 is 14.0 Å². The Morgan fingerprint density at radius 1 is 1.04 bits per heavy atom. The van der Waals surface area contributed by atoms with E-state index < -0.39 is 23.7 Å². The zero-order valence-electron chi connectivity index (χ0n) is 13.3. The molecule has 1 aromatic heterocycles. The molecule has 0 aliphatic heterocycles. The minimum absolute atomic E-state index is 0.0265. The van der Waals surface area contributed by atoms with Crippen LogP contribution in [-0.2, 0) is 11.2 Å². The lowest BCUT2D eigenvalue weighted by Gasteiger charge is -2.16. The third-order valence-corrected chi connectivity index (χ3v) is 3.86. The van der Waals surface area contributed by atoms with E-state index in [0.717, 1.165) is 5.39 Å². The van der Waals surface area contributed by atoms with Gasteiger partial charge in [-0.1, -0.05) is 42.5 Å². The summed E-state index contributed by atoms with van der Waals surface area (Å²) in [5, 5.41) is 3.43. The van der Waals surface area contributed by atoms with Crippen LogP contribution < -0.4 is 11.1 Å². The van der Waals surface area contributed by atoms with Crippen molar-refractivity contribution in [2.24, 2.45) is 5.73 Å². The number of carbonyl (C=O) groups excluding carboxylic acids is 2. The molecule has 0 unspecified atom stereocenters. The molecule has 6 heteroatoms. The van der Waals surface area contributed by atoms with E-state index in [1.807, 2.05) is 18.2 Å². The normalized spacial score (nSPS) is 11.9. The third-order valence-electron chi connectivity index (χ3n) is 3.86. The SMILES string of the molecule is NC(=O)[C@H](Cc1ccccc1F)NC(=O)c1ccc2ccccc2n1. The molecule has 126 valence electrons. The summed E-state index contributed by atoms with van der Waals surface area (Å²) in [4.78, 5) is 28.3. The molecular formula is C19H16FN3O2. The molecule has 0 bridgehead atoms. The number of carbonyl (C=O) groups is 2. The van der Waals surface area contributed by atoms with Crippen molar-refractivity contribution in [3.05, 3.63) is 77.7 Å². The van der Waals surface area contributed by atoms with Gasteiger partial charge in [0, 0.05) is 11.8 Å². The van der Waals surface area contributed by atoms with Gasteiger partial charge in [-0.25, -0.2) is 9.37 Å². The number of halogens is 1. The number of pyridine rings is 1. The topological polar surface area (TPSA) is 85.1 Å². The number of rotatable bonds is 5. The first kappa shape index (κ1) is 16.6. The number of aromatic nitrogens is 1. The number of hydrogen-bond donors (Lipinski definition) is 2. The smallest absolute Gasteiger partial charge is 0.270 e. The summed E-state index contributed by atoms with van der Waals surface area (Å²) in [6, 6.07) is 15.7. The van der Waals surface area contributed by atoms with Crippen molar-refractivity contribution >= 4 is 22.7 Å². The lowest BCUT2D eigenvalue weighted by Crippen LogP contribution is -2.46. The quantitative estimate of drug-likeness (QED) is 0.748. The van der Waals surface area contributed by atoms with Crippen molar-refractivity contribution in [3.63, 3.8) is 0 Å². The van der Waals surface area contributed by atoms with E-state index in [2.05, 4.69) is 10.3 Å². The Balaban J connectivity index is 1.80. The molecule has 5 nitrogen and oxygen atoms in total. The Kier molecular flexibility index (Phi) is 4.70. The highest BCUT2D eigenvalue weighted by Crippen LogP contribution is 2.13. The van der Waals surface area contributed by atoms with E-state index in [1.165, 1.54) is 6.07 Å². The summed E-state index contributed by atoms with van der Waals surface area (Å²) >= 11 is 0. The number of primary amides is 1. The molecule has 0 fully saturated rings. The number of hydrogen-bond acceptors (Lipinski definition) is 3. The molecule has 0 aliphatic carbocycles. The standard InChI is InChI=1S/C19H16FN3O2/c20-14-7-3-1-6-13(14)11-17(18(21)24)23-19(25)16-10-9-12-5-2-4-8-15(12)22-16/h1-10,17H,11H2,(H2,21,24)(H,23,25)/t17-/m0/s1. The Hall–Kier alpha value is -3.28. The van der Waals surface area contributed by atoms with E-state index in [4.69, 9.17) is 5.73 Å². The van der Waals surface area contributed by atoms with E-state index in [1.54, 1.807) is 36.4 Å². The Labute approximate surface area is 143 Å². The number of nitrogens with one attached hydrogen (secondary N) is 1. The summed E-state index contributed by atoms with van der Waals surface area (Å²) in [7, 11) is 0. The van der Waals surface area contributed by atoms with E-state index >= 15 is 0 Å². The highest BCUT2D eigenvalue weighted by atomic mass is 19.1. The first-order valence-corrected chi connectivity index (χ1v) is 7.74. The van der Waals surface area contributed by atoms with Gasteiger partial charge in [-0.2, -0.15) is 0 Å². The van der Waals surface area contributed by atoms with Crippen LogP contribution in [-0.4, -0.2) is 22.8 Å². The lowest BCUT2D eigenvalue weighted by atomic mass is 10.0. The van der Waals surface area contributed by atoms with Gasteiger partial charge >= 0.3 is 0 Å². The fourth-order valence-electron chi connectivity index (χ4n) is 2.53. The maximum absolute atomic E-state index is 13.8. The van der Waals surface area contributed by atoms with Gasteiger partial charge in [0.25, 0.3) is 5.91 Å². The monoisotopic (exact) mass is 337 g/mol. The van der Waals surface area contributed by atoms with Gasteiger partial charge in [-0.05, 0) is 23.8 Å². The molecule has 0 saturated carbocycles. The fourth-order valence-corrected chi connectivity index (χ4v) is 2.53. The average Bonchev–Trinajstić information content (AvgIpc) is 2.62.